The molecule has 0 N–H and O–H groups in total. The molecular formula is C21H32O2. The number of benzene rings is 1. The van der Waals surface area contributed by atoms with E-state index >= 15 is 0 Å². The zero-order valence-corrected chi connectivity index (χ0v) is 15.4. The van der Waals surface area contributed by atoms with Crippen molar-refractivity contribution in [2.75, 3.05) is 6.61 Å². The van der Waals surface area contributed by atoms with Crippen LogP contribution >= 0.6 is 0 Å². The van der Waals surface area contributed by atoms with Crippen molar-refractivity contribution in [3.63, 3.8) is 0 Å². The average Bonchev–Trinajstić information content (AvgIpc) is 2.52. The Morgan fingerprint density at radius 3 is 2.65 bits per heavy atom. The first-order chi connectivity index (χ1) is 10.8. The molecule has 2 heteroatoms. The highest BCUT2D eigenvalue weighted by atomic mass is 16.5. The zero-order valence-electron chi connectivity index (χ0n) is 15.4. The SMILES string of the molecule is CC(C)c1cccc([C@@H](C)COC(=O)[C@@]2(C)CCC[C@@H](C)C2)c1. The van der Waals surface area contributed by atoms with Crippen LogP contribution in [0.4, 0.5) is 0 Å². The third-order valence-corrected chi connectivity index (χ3v) is 5.33. The molecule has 1 fully saturated rings. The number of carbonyl (C=O) groups is 1. The van der Waals surface area contributed by atoms with Crippen LogP contribution < -0.4 is 0 Å². The summed E-state index contributed by atoms with van der Waals surface area (Å²) in [5.41, 5.74) is 2.32. The van der Waals surface area contributed by atoms with Gasteiger partial charge in [0.25, 0.3) is 0 Å². The molecule has 1 aliphatic carbocycles. The van der Waals surface area contributed by atoms with E-state index in [1.807, 2.05) is 0 Å². The summed E-state index contributed by atoms with van der Waals surface area (Å²) in [4.78, 5) is 12.6. The standard InChI is InChI=1S/C21H32O2/c1-15(2)18-9-6-10-19(12-18)17(4)14-23-20(22)21(5)11-7-8-16(3)13-21/h6,9-10,12,15-17H,7-8,11,13-14H2,1-5H3/t16-,17+,21+/m1/s1. The number of rotatable bonds is 5. The highest BCUT2D eigenvalue weighted by Crippen LogP contribution is 2.40. The quantitative estimate of drug-likeness (QED) is 0.654. The summed E-state index contributed by atoms with van der Waals surface area (Å²) in [7, 11) is 0. The largest absolute Gasteiger partial charge is 0.465 e. The van der Waals surface area contributed by atoms with Crippen molar-refractivity contribution < 1.29 is 9.53 Å². The zero-order chi connectivity index (χ0) is 17.0. The maximum Gasteiger partial charge on any atom is 0.311 e. The molecule has 1 aromatic rings. The minimum atomic E-state index is -0.281. The maximum absolute atomic E-state index is 12.6. The molecule has 0 bridgehead atoms. The highest BCUT2D eigenvalue weighted by Gasteiger charge is 2.38. The minimum absolute atomic E-state index is 0.00378. The minimum Gasteiger partial charge on any atom is -0.465 e. The van der Waals surface area contributed by atoms with E-state index in [1.54, 1.807) is 0 Å². The fourth-order valence-corrected chi connectivity index (χ4v) is 3.70. The van der Waals surface area contributed by atoms with Gasteiger partial charge in [0, 0.05) is 5.92 Å². The number of hydrogen-bond acceptors (Lipinski definition) is 2. The molecule has 23 heavy (non-hydrogen) atoms. The highest BCUT2D eigenvalue weighted by molar-refractivity contribution is 5.76. The Morgan fingerprint density at radius 1 is 1.30 bits per heavy atom. The Labute approximate surface area is 141 Å². The van der Waals surface area contributed by atoms with Gasteiger partial charge in [-0.25, -0.2) is 0 Å². The van der Waals surface area contributed by atoms with Crippen LogP contribution in [0.15, 0.2) is 24.3 Å². The molecule has 1 aliphatic rings. The molecule has 0 saturated heterocycles. The Morgan fingerprint density at radius 2 is 2.00 bits per heavy atom. The van der Waals surface area contributed by atoms with Gasteiger partial charge < -0.3 is 4.74 Å². The lowest BCUT2D eigenvalue weighted by molar-refractivity contribution is -0.158. The molecule has 0 aromatic heterocycles. The monoisotopic (exact) mass is 316 g/mol. The van der Waals surface area contributed by atoms with Crippen LogP contribution in [0.3, 0.4) is 0 Å². The van der Waals surface area contributed by atoms with Crippen LogP contribution in [0.2, 0.25) is 0 Å². The maximum atomic E-state index is 12.6. The van der Waals surface area contributed by atoms with Crippen molar-refractivity contribution in [3.05, 3.63) is 35.4 Å². The Balaban J connectivity index is 1.94. The van der Waals surface area contributed by atoms with E-state index in [-0.39, 0.29) is 17.3 Å². The second-order valence-corrected chi connectivity index (χ2v) is 8.09. The Hall–Kier alpha value is -1.31. The fourth-order valence-electron chi connectivity index (χ4n) is 3.70. The molecule has 0 aliphatic heterocycles. The van der Waals surface area contributed by atoms with Gasteiger partial charge in [-0.15, -0.1) is 0 Å². The molecule has 0 unspecified atom stereocenters. The van der Waals surface area contributed by atoms with Gasteiger partial charge >= 0.3 is 5.97 Å². The van der Waals surface area contributed by atoms with Gasteiger partial charge in [0.1, 0.15) is 0 Å². The van der Waals surface area contributed by atoms with Crippen LogP contribution in [0, 0.1) is 11.3 Å². The Kier molecular flexibility index (Phi) is 5.89. The van der Waals surface area contributed by atoms with E-state index in [2.05, 4.69) is 58.9 Å². The van der Waals surface area contributed by atoms with Crippen LogP contribution in [-0.2, 0) is 9.53 Å². The summed E-state index contributed by atoms with van der Waals surface area (Å²) in [5.74, 6) is 1.38. The molecule has 0 heterocycles. The van der Waals surface area contributed by atoms with E-state index in [0.29, 0.717) is 18.4 Å². The van der Waals surface area contributed by atoms with Crippen molar-refractivity contribution in [2.45, 2.75) is 72.1 Å². The lowest BCUT2D eigenvalue weighted by atomic mass is 9.71. The van der Waals surface area contributed by atoms with Crippen molar-refractivity contribution in [2.24, 2.45) is 11.3 Å². The third-order valence-electron chi connectivity index (χ3n) is 5.33. The molecule has 3 atom stereocenters. The molecule has 2 rings (SSSR count). The molecule has 2 nitrogen and oxygen atoms in total. The lowest BCUT2D eigenvalue weighted by Gasteiger charge is -2.35. The molecule has 0 radical (unpaired) electrons. The second kappa shape index (κ2) is 7.51. The normalized spacial score (nSPS) is 26.1. The van der Waals surface area contributed by atoms with E-state index in [0.717, 1.165) is 19.3 Å². The topological polar surface area (TPSA) is 26.3 Å². The number of hydrogen-bond donors (Lipinski definition) is 0. The molecule has 1 saturated carbocycles. The lowest BCUT2D eigenvalue weighted by Crippen LogP contribution is -2.35. The first-order valence-corrected chi connectivity index (χ1v) is 9.09. The van der Waals surface area contributed by atoms with Crippen LogP contribution in [0.25, 0.3) is 0 Å². The summed E-state index contributed by atoms with van der Waals surface area (Å²) < 4.78 is 5.71. The third kappa shape index (κ3) is 4.59. The molecular weight excluding hydrogens is 284 g/mol. The second-order valence-electron chi connectivity index (χ2n) is 8.09. The first kappa shape index (κ1) is 18.0. The van der Waals surface area contributed by atoms with E-state index in [4.69, 9.17) is 4.74 Å². The average molecular weight is 316 g/mol. The summed E-state index contributed by atoms with van der Waals surface area (Å²) in [5, 5.41) is 0. The fraction of sp³-hybridized carbons (Fsp3) is 0.667. The predicted molar refractivity (Wildman–Crippen MR) is 95.6 cm³/mol. The van der Waals surface area contributed by atoms with Gasteiger partial charge in [-0.05, 0) is 42.7 Å². The van der Waals surface area contributed by atoms with Gasteiger partial charge in [-0.1, -0.05) is 64.8 Å². The molecule has 0 spiro atoms. The van der Waals surface area contributed by atoms with Gasteiger partial charge in [0.2, 0.25) is 0 Å². The van der Waals surface area contributed by atoms with Crippen molar-refractivity contribution >= 4 is 5.97 Å². The smallest absolute Gasteiger partial charge is 0.311 e. The van der Waals surface area contributed by atoms with Gasteiger partial charge in [-0.2, -0.15) is 0 Å². The number of esters is 1. The van der Waals surface area contributed by atoms with Crippen molar-refractivity contribution in [1.82, 2.24) is 0 Å². The number of ether oxygens (including phenoxy) is 1. The van der Waals surface area contributed by atoms with Gasteiger partial charge in [-0.3, -0.25) is 4.79 Å². The van der Waals surface area contributed by atoms with Crippen LogP contribution in [0.5, 0.6) is 0 Å². The summed E-state index contributed by atoms with van der Waals surface area (Å²) in [6.45, 7) is 11.3. The van der Waals surface area contributed by atoms with E-state index in [1.165, 1.54) is 17.5 Å². The van der Waals surface area contributed by atoms with E-state index < -0.39 is 0 Å². The van der Waals surface area contributed by atoms with Crippen LogP contribution in [0.1, 0.15) is 83.3 Å². The number of carbonyl (C=O) groups excluding carboxylic acids is 1. The van der Waals surface area contributed by atoms with E-state index in [9.17, 15) is 4.79 Å². The van der Waals surface area contributed by atoms with Crippen molar-refractivity contribution in [3.8, 4) is 0 Å². The molecule has 128 valence electrons. The Bertz CT molecular complexity index is 534. The van der Waals surface area contributed by atoms with Gasteiger partial charge in [0.15, 0.2) is 0 Å². The van der Waals surface area contributed by atoms with Gasteiger partial charge in [0.05, 0.1) is 12.0 Å². The molecule has 0 amide bonds. The van der Waals surface area contributed by atoms with Crippen LogP contribution in [-0.4, -0.2) is 12.6 Å². The van der Waals surface area contributed by atoms with Crippen molar-refractivity contribution in [1.29, 1.82) is 0 Å². The summed E-state index contributed by atoms with van der Waals surface area (Å²) in [6, 6.07) is 8.65. The summed E-state index contributed by atoms with van der Waals surface area (Å²) in [6.07, 6.45) is 4.30. The first-order valence-electron chi connectivity index (χ1n) is 9.09. The predicted octanol–water partition coefficient (Wildman–Crippen LogP) is 5.67. The molecule has 1 aromatic carbocycles. The summed E-state index contributed by atoms with van der Waals surface area (Å²) >= 11 is 0.